The SMILES string of the molecule is C/C=C/C=C(/C(=O)O)C(C)Cl. The molecular weight excluding hydrogens is 164 g/mol. The molecule has 0 aliphatic rings. The first kappa shape index (κ1) is 10.2. The Morgan fingerprint density at radius 1 is 1.64 bits per heavy atom. The largest absolute Gasteiger partial charge is 0.478 e. The number of aliphatic carboxylic acids is 1. The van der Waals surface area contributed by atoms with Gasteiger partial charge in [-0.1, -0.05) is 18.2 Å². The van der Waals surface area contributed by atoms with Crippen molar-refractivity contribution in [1.82, 2.24) is 0 Å². The lowest BCUT2D eigenvalue weighted by molar-refractivity contribution is -0.132. The van der Waals surface area contributed by atoms with Gasteiger partial charge in [-0.15, -0.1) is 11.6 Å². The zero-order valence-corrected chi connectivity index (χ0v) is 7.30. The van der Waals surface area contributed by atoms with Crippen LogP contribution in [0.4, 0.5) is 0 Å². The molecule has 0 amide bonds. The molecule has 3 heteroatoms. The molecule has 2 nitrogen and oxygen atoms in total. The van der Waals surface area contributed by atoms with Crippen molar-refractivity contribution >= 4 is 17.6 Å². The van der Waals surface area contributed by atoms with Crippen LogP contribution in [-0.2, 0) is 4.79 Å². The van der Waals surface area contributed by atoms with E-state index in [9.17, 15) is 4.79 Å². The molecule has 11 heavy (non-hydrogen) atoms. The Morgan fingerprint density at radius 2 is 2.18 bits per heavy atom. The first-order valence-electron chi connectivity index (χ1n) is 3.29. The summed E-state index contributed by atoms with van der Waals surface area (Å²) in [6.07, 6.45) is 4.91. The molecule has 0 saturated heterocycles. The van der Waals surface area contributed by atoms with Gasteiger partial charge in [-0.3, -0.25) is 0 Å². The van der Waals surface area contributed by atoms with Crippen LogP contribution in [0.1, 0.15) is 13.8 Å². The average molecular weight is 175 g/mol. The molecule has 0 aromatic rings. The van der Waals surface area contributed by atoms with E-state index in [1.165, 1.54) is 6.08 Å². The molecule has 0 spiro atoms. The van der Waals surface area contributed by atoms with Crippen LogP contribution >= 0.6 is 11.6 Å². The summed E-state index contributed by atoms with van der Waals surface area (Å²) in [4.78, 5) is 10.5. The summed E-state index contributed by atoms with van der Waals surface area (Å²) in [5.41, 5.74) is 0.213. The van der Waals surface area contributed by atoms with E-state index in [1.807, 2.05) is 6.92 Å². The van der Waals surface area contributed by atoms with E-state index >= 15 is 0 Å². The highest BCUT2D eigenvalue weighted by Crippen LogP contribution is 2.09. The number of carboxylic acids is 1. The minimum absolute atomic E-state index is 0.213. The van der Waals surface area contributed by atoms with E-state index in [0.29, 0.717) is 0 Å². The van der Waals surface area contributed by atoms with Crippen molar-refractivity contribution < 1.29 is 9.90 Å². The zero-order chi connectivity index (χ0) is 8.85. The van der Waals surface area contributed by atoms with Crippen LogP contribution in [0.2, 0.25) is 0 Å². The van der Waals surface area contributed by atoms with Crippen LogP contribution in [-0.4, -0.2) is 16.5 Å². The first-order chi connectivity index (χ1) is 5.09. The third-order valence-electron chi connectivity index (χ3n) is 1.14. The normalized spacial score (nSPS) is 15.4. The van der Waals surface area contributed by atoms with Gasteiger partial charge < -0.3 is 5.11 Å². The standard InChI is InChI=1S/C8H11ClO2/c1-3-4-5-7(6(2)9)8(10)11/h3-6H,1-2H3,(H,10,11)/b4-3+,7-5+. The van der Waals surface area contributed by atoms with E-state index in [2.05, 4.69) is 0 Å². The van der Waals surface area contributed by atoms with Crippen LogP contribution in [0.25, 0.3) is 0 Å². The summed E-state index contributed by atoms with van der Waals surface area (Å²) in [6.45, 7) is 3.44. The molecule has 0 rings (SSSR count). The predicted octanol–water partition coefficient (Wildman–Crippen LogP) is 2.20. The number of carbonyl (C=O) groups is 1. The third-order valence-corrected chi connectivity index (χ3v) is 1.38. The van der Waals surface area contributed by atoms with Crippen LogP contribution in [0, 0.1) is 0 Å². The van der Waals surface area contributed by atoms with Crippen molar-refractivity contribution in [2.45, 2.75) is 19.2 Å². The van der Waals surface area contributed by atoms with Gasteiger partial charge in [-0.25, -0.2) is 4.79 Å². The van der Waals surface area contributed by atoms with E-state index in [1.54, 1.807) is 19.1 Å². The highest BCUT2D eigenvalue weighted by molar-refractivity contribution is 6.24. The Morgan fingerprint density at radius 3 is 2.45 bits per heavy atom. The number of halogens is 1. The van der Waals surface area contributed by atoms with Crippen LogP contribution in [0.15, 0.2) is 23.8 Å². The smallest absolute Gasteiger partial charge is 0.333 e. The van der Waals surface area contributed by atoms with Gasteiger partial charge in [0.15, 0.2) is 0 Å². The van der Waals surface area contributed by atoms with Crippen molar-refractivity contribution in [3.63, 3.8) is 0 Å². The van der Waals surface area contributed by atoms with Gasteiger partial charge in [-0.05, 0) is 13.8 Å². The number of carboxylic acid groups (broad SMARTS) is 1. The zero-order valence-electron chi connectivity index (χ0n) is 6.54. The minimum Gasteiger partial charge on any atom is -0.478 e. The Labute approximate surface area is 71.2 Å². The lowest BCUT2D eigenvalue weighted by Crippen LogP contribution is -2.08. The van der Waals surface area contributed by atoms with Crippen molar-refractivity contribution in [3.8, 4) is 0 Å². The van der Waals surface area contributed by atoms with E-state index in [0.717, 1.165) is 0 Å². The van der Waals surface area contributed by atoms with E-state index in [4.69, 9.17) is 16.7 Å². The maximum Gasteiger partial charge on any atom is 0.333 e. The second-order valence-electron chi connectivity index (χ2n) is 2.07. The summed E-state index contributed by atoms with van der Waals surface area (Å²) in [7, 11) is 0. The fraction of sp³-hybridized carbons (Fsp3) is 0.375. The van der Waals surface area contributed by atoms with E-state index in [-0.39, 0.29) is 5.57 Å². The molecule has 0 heterocycles. The number of rotatable bonds is 3. The molecule has 0 aliphatic heterocycles. The molecule has 1 N–H and O–H groups in total. The van der Waals surface area contributed by atoms with E-state index < -0.39 is 11.3 Å². The van der Waals surface area contributed by atoms with Gasteiger partial charge in [0.2, 0.25) is 0 Å². The van der Waals surface area contributed by atoms with Crippen molar-refractivity contribution in [1.29, 1.82) is 0 Å². The number of hydrogen-bond donors (Lipinski definition) is 1. The fourth-order valence-corrected chi connectivity index (χ4v) is 0.740. The van der Waals surface area contributed by atoms with Gasteiger partial charge in [0.1, 0.15) is 0 Å². The maximum absolute atomic E-state index is 10.5. The Hall–Kier alpha value is -0.760. The Kier molecular flexibility index (Phi) is 4.62. The molecule has 0 aromatic carbocycles. The van der Waals surface area contributed by atoms with Crippen molar-refractivity contribution in [2.75, 3.05) is 0 Å². The summed E-state index contributed by atoms with van der Waals surface area (Å²) >= 11 is 5.59. The molecule has 0 radical (unpaired) electrons. The lowest BCUT2D eigenvalue weighted by atomic mass is 10.2. The van der Waals surface area contributed by atoms with Gasteiger partial charge in [0, 0.05) is 0 Å². The Bertz CT molecular complexity index is 192. The quantitative estimate of drug-likeness (QED) is 0.405. The Balaban J connectivity index is 4.46. The van der Waals surface area contributed by atoms with Gasteiger partial charge >= 0.3 is 5.97 Å². The van der Waals surface area contributed by atoms with Crippen LogP contribution in [0.5, 0.6) is 0 Å². The monoisotopic (exact) mass is 174 g/mol. The number of alkyl halides is 1. The topological polar surface area (TPSA) is 37.3 Å². The molecular formula is C8H11ClO2. The molecule has 0 aliphatic carbocycles. The summed E-state index contributed by atoms with van der Waals surface area (Å²) in [5.74, 6) is -0.967. The lowest BCUT2D eigenvalue weighted by Gasteiger charge is -2.01. The second kappa shape index (κ2) is 4.97. The molecule has 0 aromatic heterocycles. The predicted molar refractivity (Wildman–Crippen MR) is 45.8 cm³/mol. The molecule has 0 bridgehead atoms. The molecule has 62 valence electrons. The number of allylic oxidation sites excluding steroid dienone is 3. The summed E-state index contributed by atoms with van der Waals surface area (Å²) < 4.78 is 0. The van der Waals surface area contributed by atoms with Crippen molar-refractivity contribution in [3.05, 3.63) is 23.8 Å². The molecule has 0 saturated carbocycles. The minimum atomic E-state index is -0.967. The molecule has 0 fully saturated rings. The fourth-order valence-electron chi connectivity index (χ4n) is 0.574. The highest BCUT2D eigenvalue weighted by atomic mass is 35.5. The first-order valence-corrected chi connectivity index (χ1v) is 3.73. The summed E-state index contributed by atoms with van der Waals surface area (Å²) in [5, 5.41) is 8.13. The second-order valence-corrected chi connectivity index (χ2v) is 2.72. The number of hydrogen-bond acceptors (Lipinski definition) is 1. The summed E-state index contributed by atoms with van der Waals surface area (Å²) in [6, 6.07) is 0. The molecule has 1 atom stereocenters. The van der Waals surface area contributed by atoms with Crippen LogP contribution in [0.3, 0.4) is 0 Å². The van der Waals surface area contributed by atoms with Crippen LogP contribution < -0.4 is 0 Å². The highest BCUT2D eigenvalue weighted by Gasteiger charge is 2.11. The maximum atomic E-state index is 10.5. The van der Waals surface area contributed by atoms with Crippen molar-refractivity contribution in [2.24, 2.45) is 0 Å². The van der Waals surface area contributed by atoms with Gasteiger partial charge in [0.05, 0.1) is 11.0 Å². The average Bonchev–Trinajstić information content (AvgIpc) is 1.87. The van der Waals surface area contributed by atoms with Gasteiger partial charge in [-0.2, -0.15) is 0 Å². The van der Waals surface area contributed by atoms with Gasteiger partial charge in [0.25, 0.3) is 0 Å². The third kappa shape index (κ3) is 3.83. The molecule has 1 unspecified atom stereocenters.